The summed E-state index contributed by atoms with van der Waals surface area (Å²) in [5.41, 5.74) is 3.42. The lowest BCUT2D eigenvalue weighted by Gasteiger charge is -2.26. The molecular weight excluding hydrogens is 180 g/mol. The second-order valence-electron chi connectivity index (χ2n) is 3.75. The topological polar surface area (TPSA) is 58.9 Å². The van der Waals surface area contributed by atoms with Crippen LogP contribution in [0.1, 0.15) is 27.7 Å². The predicted molar refractivity (Wildman–Crippen MR) is 55.9 cm³/mol. The monoisotopic (exact) mass is 194 g/mol. The molecule has 0 saturated carbocycles. The molecule has 0 atom stereocenters. The van der Waals surface area contributed by atoms with Gasteiger partial charge in [0, 0.05) is 0 Å². The average molecular weight is 194 g/mol. The molecule has 0 spiro atoms. The lowest BCUT2D eigenvalue weighted by molar-refractivity contribution is 0.737. The minimum atomic E-state index is -0.409. The highest BCUT2D eigenvalue weighted by atomic mass is 16.3. The van der Waals surface area contributed by atoms with E-state index >= 15 is 0 Å². The molecule has 14 heavy (non-hydrogen) atoms. The molecule has 0 N–H and O–H groups in total. The predicted octanol–water partition coefficient (Wildman–Crippen LogP) is 2.94. The number of hydrogen-bond donors (Lipinski definition) is 0. The molecule has 0 aromatic carbocycles. The van der Waals surface area contributed by atoms with Crippen LogP contribution in [0.3, 0.4) is 0 Å². The van der Waals surface area contributed by atoms with Crippen molar-refractivity contribution in [1.29, 1.82) is 0 Å². The molecule has 1 aliphatic carbocycles. The maximum Gasteiger partial charge on any atom is 0.134 e. The van der Waals surface area contributed by atoms with Gasteiger partial charge in [-0.3, -0.25) is 0 Å². The van der Waals surface area contributed by atoms with Gasteiger partial charge in [-0.1, -0.05) is 10.4 Å². The molecular formula is C10H14N2O2. The summed E-state index contributed by atoms with van der Waals surface area (Å²) < 4.78 is 0. The molecule has 0 bridgehead atoms. The Morgan fingerprint density at radius 2 is 0.929 bits per heavy atom. The van der Waals surface area contributed by atoms with Gasteiger partial charge >= 0.3 is 0 Å². The van der Waals surface area contributed by atoms with Gasteiger partial charge in [0.25, 0.3) is 0 Å². The van der Waals surface area contributed by atoms with Crippen LogP contribution in [0.15, 0.2) is 32.6 Å². The molecule has 0 aliphatic heterocycles. The van der Waals surface area contributed by atoms with Crippen molar-refractivity contribution >= 4 is 0 Å². The Balaban J connectivity index is 3.27. The van der Waals surface area contributed by atoms with Crippen molar-refractivity contribution in [2.75, 3.05) is 0 Å². The Hall–Kier alpha value is -1.32. The molecule has 0 aromatic heterocycles. The maximum atomic E-state index is 10.6. The van der Waals surface area contributed by atoms with E-state index in [1.54, 1.807) is 0 Å². The standard InChI is InChI=1S/C10H14N2O2/c1-5-6(2)10(12-14)8(4)7(3)9(5)11-13/h9-10H,1-4H3. The Labute approximate surface area is 83.0 Å². The summed E-state index contributed by atoms with van der Waals surface area (Å²) in [6.07, 6.45) is 0. The summed E-state index contributed by atoms with van der Waals surface area (Å²) in [5, 5.41) is 6.14. The van der Waals surface area contributed by atoms with Gasteiger partial charge in [0.05, 0.1) is 0 Å². The van der Waals surface area contributed by atoms with Crippen LogP contribution < -0.4 is 0 Å². The van der Waals surface area contributed by atoms with E-state index < -0.39 is 12.1 Å². The van der Waals surface area contributed by atoms with Crippen LogP contribution in [0, 0.1) is 9.81 Å². The van der Waals surface area contributed by atoms with E-state index in [1.807, 2.05) is 27.7 Å². The smallest absolute Gasteiger partial charge is 0.134 e. The largest absolute Gasteiger partial charge is 0.150 e. The molecule has 0 aromatic rings. The molecule has 4 nitrogen and oxygen atoms in total. The van der Waals surface area contributed by atoms with Crippen LogP contribution in [0.2, 0.25) is 0 Å². The SMILES string of the molecule is CC1=C(C)C(N=O)C(C)=C(C)C1N=O. The lowest BCUT2D eigenvalue weighted by atomic mass is 9.82. The van der Waals surface area contributed by atoms with Crippen molar-refractivity contribution in [3.63, 3.8) is 0 Å². The van der Waals surface area contributed by atoms with Crippen molar-refractivity contribution in [3.05, 3.63) is 32.1 Å². The molecule has 0 radical (unpaired) electrons. The van der Waals surface area contributed by atoms with E-state index in [0.717, 1.165) is 22.3 Å². The van der Waals surface area contributed by atoms with Gasteiger partial charge in [-0.05, 0) is 50.0 Å². The Bertz CT molecular complexity index is 284. The third-order valence-corrected chi connectivity index (χ3v) is 3.10. The summed E-state index contributed by atoms with van der Waals surface area (Å²) in [6, 6.07) is -0.819. The first-order valence-electron chi connectivity index (χ1n) is 4.54. The van der Waals surface area contributed by atoms with Crippen LogP contribution in [0.5, 0.6) is 0 Å². The maximum absolute atomic E-state index is 10.6. The van der Waals surface area contributed by atoms with Crippen LogP contribution in [0.4, 0.5) is 0 Å². The van der Waals surface area contributed by atoms with Crippen LogP contribution >= 0.6 is 0 Å². The van der Waals surface area contributed by atoms with E-state index in [0.29, 0.717) is 0 Å². The highest BCUT2D eigenvalue weighted by Gasteiger charge is 2.29. The summed E-state index contributed by atoms with van der Waals surface area (Å²) in [5.74, 6) is 0. The number of nitrogens with zero attached hydrogens (tertiary/aromatic N) is 2. The van der Waals surface area contributed by atoms with E-state index in [4.69, 9.17) is 0 Å². The Morgan fingerprint density at radius 3 is 1.07 bits per heavy atom. The highest BCUT2D eigenvalue weighted by molar-refractivity contribution is 5.43. The third kappa shape index (κ3) is 1.41. The van der Waals surface area contributed by atoms with Crippen molar-refractivity contribution < 1.29 is 0 Å². The summed E-state index contributed by atoms with van der Waals surface area (Å²) >= 11 is 0. The number of rotatable bonds is 2. The minimum Gasteiger partial charge on any atom is -0.150 e. The van der Waals surface area contributed by atoms with Gasteiger partial charge in [0.1, 0.15) is 12.1 Å². The molecule has 1 rings (SSSR count). The van der Waals surface area contributed by atoms with Gasteiger partial charge in [-0.2, -0.15) is 0 Å². The molecule has 0 saturated heterocycles. The second kappa shape index (κ2) is 3.82. The molecule has 0 unspecified atom stereocenters. The van der Waals surface area contributed by atoms with E-state index in [2.05, 4.69) is 10.4 Å². The van der Waals surface area contributed by atoms with Crippen molar-refractivity contribution in [1.82, 2.24) is 0 Å². The average Bonchev–Trinajstić information content (AvgIpc) is 2.17. The van der Waals surface area contributed by atoms with Crippen molar-refractivity contribution in [2.45, 2.75) is 39.8 Å². The number of hydrogen-bond acceptors (Lipinski definition) is 4. The fourth-order valence-corrected chi connectivity index (χ4v) is 1.83. The van der Waals surface area contributed by atoms with E-state index in [1.165, 1.54) is 0 Å². The number of nitroso groups, excluding NO2 is 2. The summed E-state index contributed by atoms with van der Waals surface area (Å²) in [4.78, 5) is 21.3. The normalized spacial score (nSPS) is 28.0. The third-order valence-electron chi connectivity index (χ3n) is 3.10. The lowest BCUT2D eigenvalue weighted by Crippen LogP contribution is -2.24. The van der Waals surface area contributed by atoms with Gasteiger partial charge < -0.3 is 0 Å². The Morgan fingerprint density at radius 1 is 0.714 bits per heavy atom. The van der Waals surface area contributed by atoms with E-state index in [-0.39, 0.29) is 0 Å². The molecule has 0 amide bonds. The van der Waals surface area contributed by atoms with Crippen LogP contribution in [-0.4, -0.2) is 12.1 Å². The first kappa shape index (κ1) is 10.8. The zero-order chi connectivity index (χ0) is 10.9. The van der Waals surface area contributed by atoms with Crippen molar-refractivity contribution in [2.24, 2.45) is 10.4 Å². The first-order chi connectivity index (χ1) is 6.54. The summed E-state index contributed by atoms with van der Waals surface area (Å²) in [6.45, 7) is 7.32. The summed E-state index contributed by atoms with van der Waals surface area (Å²) in [7, 11) is 0. The van der Waals surface area contributed by atoms with E-state index in [9.17, 15) is 9.81 Å². The second-order valence-corrected chi connectivity index (χ2v) is 3.75. The van der Waals surface area contributed by atoms with Gasteiger partial charge in [0.2, 0.25) is 0 Å². The highest BCUT2D eigenvalue weighted by Crippen LogP contribution is 2.33. The van der Waals surface area contributed by atoms with Crippen LogP contribution in [-0.2, 0) is 0 Å². The minimum absolute atomic E-state index is 0.409. The molecule has 1 aliphatic rings. The fraction of sp³-hybridized carbons (Fsp3) is 0.600. The molecule has 4 heteroatoms. The quantitative estimate of drug-likeness (QED) is 0.501. The van der Waals surface area contributed by atoms with Crippen molar-refractivity contribution in [3.8, 4) is 0 Å². The zero-order valence-electron chi connectivity index (χ0n) is 8.87. The first-order valence-corrected chi connectivity index (χ1v) is 4.54. The Kier molecular flexibility index (Phi) is 2.93. The molecule has 0 heterocycles. The van der Waals surface area contributed by atoms with Gasteiger partial charge in [-0.15, -0.1) is 9.81 Å². The fourth-order valence-electron chi connectivity index (χ4n) is 1.83. The molecule has 0 fully saturated rings. The van der Waals surface area contributed by atoms with Gasteiger partial charge in [0.15, 0.2) is 0 Å². The van der Waals surface area contributed by atoms with Gasteiger partial charge in [-0.25, -0.2) is 0 Å². The molecule has 76 valence electrons. The van der Waals surface area contributed by atoms with Crippen LogP contribution in [0.25, 0.3) is 0 Å². The zero-order valence-corrected chi connectivity index (χ0v) is 8.87.